The Balaban J connectivity index is 0.00000162. The molecule has 0 N–H and O–H groups in total. The fourth-order valence-corrected chi connectivity index (χ4v) is 2.63. The van der Waals surface area contributed by atoms with Gasteiger partial charge in [-0.1, -0.05) is 34.6 Å². The summed E-state index contributed by atoms with van der Waals surface area (Å²) in [6.45, 7) is 1.98. The summed E-state index contributed by atoms with van der Waals surface area (Å²) in [5, 5.41) is 0.965. The van der Waals surface area contributed by atoms with Gasteiger partial charge in [0.15, 0.2) is 10.5 Å². The topological polar surface area (TPSA) is 47.3 Å². The van der Waals surface area contributed by atoms with Crippen molar-refractivity contribution in [3.8, 4) is 0 Å². The molecule has 2 aromatic rings. The molecule has 0 saturated heterocycles. The normalized spacial score (nSPS) is 9.58. The molecule has 0 bridgehead atoms. The van der Waals surface area contributed by atoms with Crippen LogP contribution in [0.3, 0.4) is 0 Å². The van der Waals surface area contributed by atoms with Crippen LogP contribution in [0.1, 0.15) is 12.5 Å². The van der Waals surface area contributed by atoms with E-state index < -0.39 is 0 Å². The Hall–Kier alpha value is -0.0181. The molecular formula is C13H11BrO3SU. The standard InChI is InChI=1S/C12H8BrO3S.CH3.U/c1-2-17-11-5-10(15)8-3-7(6-14)4-9(13)12(8)16-11;;/h3-5H,2H2,1H3;1H3;/q2*-1;+2. The number of rotatable bonds is 3. The van der Waals surface area contributed by atoms with Crippen LogP contribution in [0.15, 0.2) is 37.0 Å². The Bertz CT molecular complexity index is 640. The van der Waals surface area contributed by atoms with Crippen molar-refractivity contribution in [3.05, 3.63) is 45.9 Å². The first-order valence-corrected chi connectivity index (χ1v) is 6.72. The maximum atomic E-state index is 11.9. The zero-order valence-electron chi connectivity index (χ0n) is 10.5. The first kappa shape index (κ1) is 19.0. The van der Waals surface area contributed by atoms with Crippen LogP contribution >= 0.6 is 27.7 Å². The number of thioether (sulfide) groups is 1. The van der Waals surface area contributed by atoms with Crippen molar-refractivity contribution in [2.24, 2.45) is 0 Å². The average molecular weight is 565 g/mol. The molecule has 0 aliphatic heterocycles. The summed E-state index contributed by atoms with van der Waals surface area (Å²) in [5.74, 6) is 0.826. The van der Waals surface area contributed by atoms with Gasteiger partial charge in [0, 0.05) is 15.9 Å². The maximum absolute atomic E-state index is 11.9. The summed E-state index contributed by atoms with van der Waals surface area (Å²) in [6.07, 6.45) is 1.76. The van der Waals surface area contributed by atoms with Crippen molar-refractivity contribution in [2.75, 3.05) is 5.75 Å². The predicted molar refractivity (Wildman–Crippen MR) is 77.8 cm³/mol. The van der Waals surface area contributed by atoms with Gasteiger partial charge in [-0.25, -0.2) is 0 Å². The molecule has 2 rings (SSSR count). The minimum atomic E-state index is -0.153. The van der Waals surface area contributed by atoms with Crippen molar-refractivity contribution < 1.29 is 40.3 Å². The molecule has 1 aromatic heterocycles. The van der Waals surface area contributed by atoms with Crippen LogP contribution in [0.25, 0.3) is 11.0 Å². The summed E-state index contributed by atoms with van der Waals surface area (Å²) in [4.78, 5) is 22.5. The molecule has 19 heavy (non-hydrogen) atoms. The number of benzene rings is 1. The summed E-state index contributed by atoms with van der Waals surface area (Å²) < 4.78 is 6.19. The van der Waals surface area contributed by atoms with Crippen LogP contribution in [-0.4, -0.2) is 12.0 Å². The molecule has 3 nitrogen and oxygen atoms in total. The van der Waals surface area contributed by atoms with E-state index in [1.54, 1.807) is 12.4 Å². The van der Waals surface area contributed by atoms with Crippen LogP contribution in [-0.2, 0) is 4.79 Å². The van der Waals surface area contributed by atoms with Crippen molar-refractivity contribution in [1.29, 1.82) is 0 Å². The van der Waals surface area contributed by atoms with Gasteiger partial charge in [-0.2, -0.15) is 0 Å². The second kappa shape index (κ2) is 8.31. The van der Waals surface area contributed by atoms with E-state index in [1.165, 1.54) is 23.9 Å². The zero-order valence-corrected chi connectivity index (χ0v) is 17.0. The molecule has 0 fully saturated rings. The molecule has 0 aliphatic carbocycles. The Kier molecular flexibility index (Phi) is 8.30. The van der Waals surface area contributed by atoms with Gasteiger partial charge < -0.3 is 16.6 Å². The van der Waals surface area contributed by atoms with Gasteiger partial charge in [0.1, 0.15) is 5.58 Å². The first-order chi connectivity index (χ1) is 8.15. The van der Waals surface area contributed by atoms with Gasteiger partial charge in [-0.15, -0.1) is 17.7 Å². The Morgan fingerprint density at radius 3 is 2.63 bits per heavy atom. The molecule has 0 spiro atoms. The molecule has 0 unspecified atom stereocenters. The molecule has 0 radical (unpaired) electrons. The number of hydrogen-bond donors (Lipinski definition) is 0. The molecule has 1 aromatic carbocycles. The van der Waals surface area contributed by atoms with E-state index in [-0.39, 0.29) is 44.0 Å². The third-order valence-electron chi connectivity index (χ3n) is 2.17. The molecule has 6 heteroatoms. The number of halogens is 1. The van der Waals surface area contributed by atoms with Gasteiger partial charge >= 0.3 is 31.1 Å². The molecule has 0 amide bonds. The fraction of sp³-hybridized carbons (Fsp3) is 0.154. The van der Waals surface area contributed by atoms with Crippen LogP contribution in [0, 0.1) is 38.5 Å². The Labute approximate surface area is 148 Å². The van der Waals surface area contributed by atoms with Crippen LogP contribution < -0.4 is 5.43 Å². The Morgan fingerprint density at radius 1 is 1.37 bits per heavy atom. The predicted octanol–water partition coefficient (Wildman–Crippen LogP) is 3.58. The monoisotopic (exact) mass is 564 g/mol. The zero-order chi connectivity index (χ0) is 12.4. The number of hydrogen-bond acceptors (Lipinski definition) is 4. The number of carbonyl (C=O) groups excluding carboxylic acids is 1. The van der Waals surface area contributed by atoms with E-state index in [9.17, 15) is 9.59 Å². The second-order valence-electron chi connectivity index (χ2n) is 3.30. The van der Waals surface area contributed by atoms with Crippen molar-refractivity contribution in [2.45, 2.75) is 12.0 Å². The third kappa shape index (κ3) is 4.22. The van der Waals surface area contributed by atoms with E-state index in [0.717, 1.165) is 5.75 Å². The van der Waals surface area contributed by atoms with E-state index in [2.05, 4.69) is 15.9 Å². The third-order valence-corrected chi connectivity index (χ3v) is 3.53. The van der Waals surface area contributed by atoms with Crippen LogP contribution in [0.2, 0.25) is 0 Å². The van der Waals surface area contributed by atoms with E-state index in [1.807, 2.05) is 6.92 Å². The molecule has 0 aliphatic rings. The van der Waals surface area contributed by atoms with Gasteiger partial charge in [0.05, 0.1) is 6.29 Å². The summed E-state index contributed by atoms with van der Waals surface area (Å²) >= 11 is 4.75. The van der Waals surface area contributed by atoms with Gasteiger partial charge in [-0.05, 0) is 5.75 Å². The molecule has 0 saturated carbocycles. The van der Waals surface area contributed by atoms with Gasteiger partial charge in [-0.3, -0.25) is 4.79 Å². The molecular weight excluding hydrogens is 554 g/mol. The smallest absolute Gasteiger partial charge is 0.451 e. The van der Waals surface area contributed by atoms with Gasteiger partial charge in [0.2, 0.25) is 0 Å². The Morgan fingerprint density at radius 2 is 2.05 bits per heavy atom. The fourth-order valence-electron chi connectivity index (χ4n) is 1.47. The quantitative estimate of drug-likeness (QED) is 0.422. The van der Waals surface area contributed by atoms with Crippen molar-refractivity contribution in [1.82, 2.24) is 0 Å². The summed E-state index contributed by atoms with van der Waals surface area (Å²) in [6, 6.07) is 4.51. The van der Waals surface area contributed by atoms with Crippen LogP contribution in [0.4, 0.5) is 0 Å². The van der Waals surface area contributed by atoms with Crippen molar-refractivity contribution >= 4 is 44.9 Å². The van der Waals surface area contributed by atoms with E-state index >= 15 is 0 Å². The van der Waals surface area contributed by atoms with Crippen molar-refractivity contribution in [3.63, 3.8) is 0 Å². The minimum absolute atomic E-state index is 0. The number of fused-ring (bicyclic) bond motifs is 1. The minimum Gasteiger partial charge on any atom is -0.451 e. The maximum Gasteiger partial charge on any atom is 2.00 e. The van der Waals surface area contributed by atoms with E-state index in [0.29, 0.717) is 26.1 Å². The molecule has 1 heterocycles. The molecule has 0 atom stereocenters. The first-order valence-electron chi connectivity index (χ1n) is 4.94. The van der Waals surface area contributed by atoms with E-state index in [4.69, 9.17) is 4.42 Å². The summed E-state index contributed by atoms with van der Waals surface area (Å²) in [5.41, 5.74) is 0.639. The van der Waals surface area contributed by atoms with Crippen LogP contribution in [0.5, 0.6) is 0 Å². The average Bonchev–Trinajstić information content (AvgIpc) is 2.30. The SMILES string of the molecule is CCSc1cc(=O)c2cc([C-]=O)cc(Br)c2o1.[CH3-].[U+2]. The molecule has 98 valence electrons. The largest absolute Gasteiger partial charge is 2.00 e. The van der Waals surface area contributed by atoms with Gasteiger partial charge in [0.25, 0.3) is 0 Å². The summed E-state index contributed by atoms with van der Waals surface area (Å²) in [7, 11) is 0. The second-order valence-corrected chi connectivity index (χ2v) is 5.42.